The molecule has 3 rings (SSSR count). The van der Waals surface area contributed by atoms with Crippen LogP contribution < -0.4 is 11.1 Å². The number of hydrogen-bond donors (Lipinski definition) is 2. The highest BCUT2D eigenvalue weighted by Gasteiger charge is 2.39. The summed E-state index contributed by atoms with van der Waals surface area (Å²) in [4.78, 5) is 16.7. The van der Waals surface area contributed by atoms with Crippen molar-refractivity contribution in [1.29, 1.82) is 0 Å². The van der Waals surface area contributed by atoms with E-state index in [4.69, 9.17) is 10.3 Å². The van der Waals surface area contributed by atoms with Gasteiger partial charge >= 0.3 is 0 Å². The van der Waals surface area contributed by atoms with Gasteiger partial charge in [0.15, 0.2) is 5.82 Å². The van der Waals surface area contributed by atoms with Crippen molar-refractivity contribution in [2.45, 2.75) is 45.6 Å². The van der Waals surface area contributed by atoms with Crippen molar-refractivity contribution < 1.29 is 9.32 Å². The lowest BCUT2D eigenvalue weighted by Crippen LogP contribution is -2.44. The van der Waals surface area contributed by atoms with E-state index in [0.29, 0.717) is 23.0 Å². The molecule has 2 aromatic rings. The average molecular weight is 351 g/mol. The molecule has 0 saturated heterocycles. The van der Waals surface area contributed by atoms with Crippen molar-refractivity contribution in [3.63, 3.8) is 0 Å². The van der Waals surface area contributed by atoms with Gasteiger partial charge in [-0.15, -0.1) is 12.4 Å². The molecule has 3 N–H and O–H groups in total. The van der Waals surface area contributed by atoms with Crippen LogP contribution in [0, 0.1) is 5.41 Å². The van der Waals surface area contributed by atoms with Gasteiger partial charge in [0, 0.05) is 5.41 Å². The van der Waals surface area contributed by atoms with Crippen LogP contribution in [0.5, 0.6) is 0 Å². The molecule has 7 heteroatoms. The molecule has 0 bridgehead atoms. The smallest absolute Gasteiger partial charge is 0.260 e. The number of benzene rings is 1. The Morgan fingerprint density at radius 1 is 1.29 bits per heavy atom. The molecule has 0 unspecified atom stereocenters. The van der Waals surface area contributed by atoms with E-state index in [0.717, 1.165) is 19.3 Å². The highest BCUT2D eigenvalue weighted by molar-refractivity contribution is 5.97. The van der Waals surface area contributed by atoms with Crippen molar-refractivity contribution in [1.82, 2.24) is 10.1 Å². The zero-order valence-electron chi connectivity index (χ0n) is 14.1. The second-order valence-electron chi connectivity index (χ2n) is 7.18. The molecule has 1 aliphatic rings. The lowest BCUT2D eigenvalue weighted by Gasteiger charge is -2.34. The van der Waals surface area contributed by atoms with Crippen LogP contribution in [0.25, 0.3) is 11.5 Å². The second kappa shape index (κ2) is 6.53. The Morgan fingerprint density at radius 3 is 2.54 bits per heavy atom. The van der Waals surface area contributed by atoms with E-state index < -0.39 is 11.0 Å². The number of carbonyl (C=O) groups is 1. The molecule has 0 atom stereocenters. The first-order chi connectivity index (χ1) is 10.8. The van der Waals surface area contributed by atoms with Crippen LogP contribution in [0.1, 0.15) is 45.9 Å². The third-order valence-corrected chi connectivity index (χ3v) is 4.20. The molecular weight excluding hydrogens is 328 g/mol. The maximum absolute atomic E-state index is 12.2. The number of anilines is 1. The third-order valence-electron chi connectivity index (χ3n) is 4.20. The number of aromatic nitrogens is 2. The molecule has 1 amide bonds. The first-order valence-electron chi connectivity index (χ1n) is 7.83. The summed E-state index contributed by atoms with van der Waals surface area (Å²) in [5.74, 6) is 0.844. The molecule has 0 aliphatic heterocycles. The molecule has 1 heterocycles. The molecule has 1 aliphatic carbocycles. The highest BCUT2D eigenvalue weighted by Crippen LogP contribution is 2.38. The van der Waals surface area contributed by atoms with E-state index in [1.165, 1.54) is 0 Å². The van der Waals surface area contributed by atoms with Gasteiger partial charge in [-0.3, -0.25) is 4.79 Å². The summed E-state index contributed by atoms with van der Waals surface area (Å²) < 4.78 is 5.39. The van der Waals surface area contributed by atoms with Crippen molar-refractivity contribution in [3.8, 4) is 11.5 Å². The second-order valence-corrected chi connectivity index (χ2v) is 7.18. The summed E-state index contributed by atoms with van der Waals surface area (Å²) in [7, 11) is 0. The maximum atomic E-state index is 12.2. The van der Waals surface area contributed by atoms with Gasteiger partial charge in [-0.2, -0.15) is 4.98 Å². The zero-order valence-corrected chi connectivity index (χ0v) is 14.9. The monoisotopic (exact) mass is 350 g/mol. The van der Waals surface area contributed by atoms with Crippen molar-refractivity contribution >= 4 is 24.0 Å². The predicted octanol–water partition coefficient (Wildman–Crippen LogP) is 3.48. The number of amides is 1. The fraction of sp³-hybridized carbons (Fsp3) is 0.471. The molecular formula is C17H23ClN4O2. The number of carbonyl (C=O) groups excluding carboxylic acids is 1. The van der Waals surface area contributed by atoms with E-state index in [1.54, 1.807) is 0 Å². The molecule has 1 aromatic carbocycles. The molecule has 6 nitrogen and oxygen atoms in total. The van der Waals surface area contributed by atoms with Crippen LogP contribution in [-0.4, -0.2) is 16.0 Å². The van der Waals surface area contributed by atoms with Crippen molar-refractivity contribution in [2.24, 2.45) is 11.1 Å². The summed E-state index contributed by atoms with van der Waals surface area (Å²) in [6.45, 7) is 5.60. The average Bonchev–Trinajstić information content (AvgIpc) is 2.94. The predicted molar refractivity (Wildman–Crippen MR) is 94.8 cm³/mol. The van der Waals surface area contributed by atoms with Gasteiger partial charge in [-0.05, 0) is 31.4 Å². The first-order valence-corrected chi connectivity index (χ1v) is 7.83. The normalized spacial score (nSPS) is 16.0. The summed E-state index contributed by atoms with van der Waals surface area (Å²) in [5, 5.41) is 6.96. The number of rotatable bonds is 3. The van der Waals surface area contributed by atoms with E-state index in [9.17, 15) is 4.79 Å². The van der Waals surface area contributed by atoms with Gasteiger partial charge in [0.05, 0.1) is 16.8 Å². The standard InChI is InChI=1S/C17H22N4O2.ClH/c1-16(2,3)15(22)19-12-8-5-4-7-11(12)13-20-14(21-23-13)17(18)9-6-10-17;/h4-5,7-8H,6,9-10,18H2,1-3H3,(H,19,22);1H. The first kappa shape index (κ1) is 18.4. The molecule has 0 radical (unpaired) electrons. The molecule has 1 aromatic heterocycles. The number of halogens is 1. The Bertz CT molecular complexity index is 732. The van der Waals surface area contributed by atoms with Gasteiger partial charge in [0.1, 0.15) is 0 Å². The Hall–Kier alpha value is -1.92. The van der Waals surface area contributed by atoms with Gasteiger partial charge in [-0.25, -0.2) is 0 Å². The molecule has 130 valence electrons. The van der Waals surface area contributed by atoms with Gasteiger partial charge in [0.25, 0.3) is 5.89 Å². The van der Waals surface area contributed by atoms with Crippen LogP contribution in [0.15, 0.2) is 28.8 Å². The van der Waals surface area contributed by atoms with Crippen molar-refractivity contribution in [3.05, 3.63) is 30.1 Å². The van der Waals surface area contributed by atoms with E-state index in [-0.39, 0.29) is 18.3 Å². The number of nitrogens with zero attached hydrogens (tertiary/aromatic N) is 2. The van der Waals surface area contributed by atoms with E-state index >= 15 is 0 Å². The number of hydrogen-bond acceptors (Lipinski definition) is 5. The number of nitrogens with one attached hydrogen (secondary N) is 1. The van der Waals surface area contributed by atoms with Crippen molar-refractivity contribution in [2.75, 3.05) is 5.32 Å². The molecule has 1 saturated carbocycles. The Balaban J connectivity index is 0.00000208. The number of para-hydroxylation sites is 1. The van der Waals surface area contributed by atoms with Gasteiger partial charge < -0.3 is 15.6 Å². The summed E-state index contributed by atoms with van der Waals surface area (Å²) in [5.41, 5.74) is 6.64. The minimum Gasteiger partial charge on any atom is -0.334 e. The topological polar surface area (TPSA) is 94.0 Å². The number of nitrogens with two attached hydrogens (primary N) is 1. The summed E-state index contributed by atoms with van der Waals surface area (Å²) in [6, 6.07) is 7.40. The minimum absolute atomic E-state index is 0. The van der Waals surface area contributed by atoms with Gasteiger partial charge in [-0.1, -0.05) is 38.1 Å². The lowest BCUT2D eigenvalue weighted by molar-refractivity contribution is -0.123. The molecule has 0 spiro atoms. The Labute approximate surface area is 147 Å². The maximum Gasteiger partial charge on any atom is 0.260 e. The van der Waals surface area contributed by atoms with Gasteiger partial charge in [0.2, 0.25) is 5.91 Å². The Morgan fingerprint density at radius 2 is 1.96 bits per heavy atom. The zero-order chi connectivity index (χ0) is 16.7. The fourth-order valence-corrected chi connectivity index (χ4v) is 2.40. The molecule has 1 fully saturated rings. The molecule has 24 heavy (non-hydrogen) atoms. The summed E-state index contributed by atoms with van der Waals surface area (Å²) >= 11 is 0. The van der Waals surface area contributed by atoms with Crippen LogP contribution in [0.3, 0.4) is 0 Å². The quantitative estimate of drug-likeness (QED) is 0.883. The van der Waals surface area contributed by atoms with Crippen LogP contribution in [0.2, 0.25) is 0 Å². The van der Waals surface area contributed by atoms with Crippen LogP contribution in [-0.2, 0) is 10.3 Å². The van der Waals surface area contributed by atoms with Crippen LogP contribution >= 0.6 is 12.4 Å². The SMILES string of the molecule is CC(C)(C)C(=O)Nc1ccccc1-c1nc(C2(N)CCC2)no1.Cl. The van der Waals surface area contributed by atoms with E-state index in [2.05, 4.69) is 15.5 Å². The minimum atomic E-state index is -0.486. The fourth-order valence-electron chi connectivity index (χ4n) is 2.40. The highest BCUT2D eigenvalue weighted by atomic mass is 35.5. The largest absolute Gasteiger partial charge is 0.334 e. The third kappa shape index (κ3) is 3.44. The Kier molecular flexibility index (Phi) is 5.01. The van der Waals surface area contributed by atoms with E-state index in [1.807, 2.05) is 45.0 Å². The lowest BCUT2D eigenvalue weighted by atomic mass is 9.77. The van der Waals surface area contributed by atoms with Crippen LogP contribution in [0.4, 0.5) is 5.69 Å². The summed E-state index contributed by atoms with van der Waals surface area (Å²) in [6.07, 6.45) is 2.82.